The fraction of sp³-hybridized carbons (Fsp3) is 0.115. The van der Waals surface area contributed by atoms with Crippen molar-refractivity contribution in [3.63, 3.8) is 0 Å². The van der Waals surface area contributed by atoms with Crippen LogP contribution in [0.1, 0.15) is 10.5 Å². The van der Waals surface area contributed by atoms with Crippen LogP contribution in [0.5, 0.6) is 5.75 Å². The third-order valence-electron chi connectivity index (χ3n) is 5.27. The zero-order valence-corrected chi connectivity index (χ0v) is 18.2. The van der Waals surface area contributed by atoms with Crippen LogP contribution in [0.2, 0.25) is 0 Å². The largest absolute Gasteiger partial charge is 0.495 e. The van der Waals surface area contributed by atoms with Crippen molar-refractivity contribution < 1.29 is 19.1 Å². The van der Waals surface area contributed by atoms with Gasteiger partial charge in [0.05, 0.1) is 12.8 Å². The Kier molecular flexibility index (Phi) is 6.22. The minimum absolute atomic E-state index is 0.0787. The van der Waals surface area contributed by atoms with E-state index in [1.54, 1.807) is 42.5 Å². The molecule has 0 aliphatic heterocycles. The summed E-state index contributed by atoms with van der Waals surface area (Å²) in [6.07, 6.45) is 0. The molecular weight excluding hydrogens is 420 g/mol. The second-order valence-corrected chi connectivity index (χ2v) is 7.32. The molecule has 1 amide bonds. The number of para-hydroxylation sites is 2. The van der Waals surface area contributed by atoms with E-state index in [2.05, 4.69) is 5.32 Å². The summed E-state index contributed by atoms with van der Waals surface area (Å²) in [5.74, 6) is -0.810. The highest BCUT2D eigenvalue weighted by atomic mass is 16.5. The molecular formula is C26H22N2O5. The van der Waals surface area contributed by atoms with Crippen molar-refractivity contribution in [1.82, 2.24) is 4.57 Å². The second kappa shape index (κ2) is 9.40. The number of aromatic nitrogens is 1. The van der Waals surface area contributed by atoms with Gasteiger partial charge >= 0.3 is 5.97 Å². The Morgan fingerprint density at radius 2 is 1.52 bits per heavy atom. The van der Waals surface area contributed by atoms with Crippen LogP contribution in [0.25, 0.3) is 21.9 Å². The van der Waals surface area contributed by atoms with Gasteiger partial charge in [0.25, 0.3) is 11.5 Å². The Morgan fingerprint density at radius 3 is 2.24 bits per heavy atom. The number of pyridine rings is 1. The first-order valence-electron chi connectivity index (χ1n) is 10.3. The second-order valence-electron chi connectivity index (χ2n) is 7.32. The third kappa shape index (κ3) is 4.34. The molecule has 4 rings (SSSR count). The Balaban J connectivity index is 1.68. The van der Waals surface area contributed by atoms with Gasteiger partial charge in [-0.1, -0.05) is 60.7 Å². The number of nitrogens with zero attached hydrogens (tertiary/aromatic N) is 1. The van der Waals surface area contributed by atoms with Crippen LogP contribution in [0.3, 0.4) is 0 Å². The number of carbonyl (C=O) groups excluding carboxylic acids is 2. The monoisotopic (exact) mass is 442 g/mol. The molecule has 1 heterocycles. The third-order valence-corrected chi connectivity index (χ3v) is 5.27. The predicted octanol–water partition coefficient (Wildman–Crippen LogP) is 4.01. The number of carbonyl (C=O) groups is 2. The lowest BCUT2D eigenvalue weighted by Gasteiger charge is -2.17. The maximum Gasteiger partial charge on any atom is 0.356 e. The first kappa shape index (κ1) is 21.8. The van der Waals surface area contributed by atoms with Crippen LogP contribution in [-0.2, 0) is 16.6 Å². The molecule has 166 valence electrons. The molecule has 0 saturated carbocycles. The maximum absolute atomic E-state index is 13.1. The van der Waals surface area contributed by atoms with Crippen LogP contribution in [0.4, 0.5) is 5.69 Å². The highest BCUT2D eigenvalue weighted by Crippen LogP contribution is 2.31. The van der Waals surface area contributed by atoms with Crippen LogP contribution in [-0.4, -0.2) is 30.2 Å². The average Bonchev–Trinajstić information content (AvgIpc) is 2.85. The summed E-state index contributed by atoms with van der Waals surface area (Å²) in [4.78, 5) is 38.5. The van der Waals surface area contributed by atoms with Gasteiger partial charge in [-0.05, 0) is 29.1 Å². The number of ether oxygens (including phenoxy) is 2. The number of esters is 1. The van der Waals surface area contributed by atoms with E-state index < -0.39 is 18.5 Å². The molecule has 0 bridgehead atoms. The van der Waals surface area contributed by atoms with Crippen molar-refractivity contribution in [2.75, 3.05) is 19.0 Å². The number of nitrogens with one attached hydrogen (secondary N) is 1. The number of fused-ring (bicyclic) bond motifs is 1. The van der Waals surface area contributed by atoms with Gasteiger partial charge in [0, 0.05) is 18.0 Å². The topological polar surface area (TPSA) is 86.6 Å². The van der Waals surface area contributed by atoms with E-state index >= 15 is 0 Å². The van der Waals surface area contributed by atoms with Crippen molar-refractivity contribution in [2.45, 2.75) is 0 Å². The molecule has 0 spiro atoms. The lowest BCUT2D eigenvalue weighted by molar-refractivity contribution is -0.119. The number of anilines is 1. The number of hydrogen-bond acceptors (Lipinski definition) is 5. The highest BCUT2D eigenvalue weighted by Gasteiger charge is 2.23. The van der Waals surface area contributed by atoms with Gasteiger partial charge in [-0.3, -0.25) is 9.59 Å². The SMILES string of the molecule is COc1ccccc1NC(=O)COC(=O)c1c(-c2ccccc2)c2ccccc2c(=O)n1C. The molecule has 0 aliphatic carbocycles. The highest BCUT2D eigenvalue weighted by molar-refractivity contribution is 6.07. The van der Waals surface area contributed by atoms with Crippen molar-refractivity contribution in [3.8, 4) is 16.9 Å². The molecule has 1 aromatic heterocycles. The van der Waals surface area contributed by atoms with Crippen LogP contribution in [0, 0.1) is 0 Å². The molecule has 0 fully saturated rings. The van der Waals surface area contributed by atoms with E-state index in [4.69, 9.17) is 9.47 Å². The molecule has 7 heteroatoms. The molecule has 4 aromatic rings. The molecule has 33 heavy (non-hydrogen) atoms. The first-order chi connectivity index (χ1) is 16.0. The van der Waals surface area contributed by atoms with E-state index in [1.807, 2.05) is 36.4 Å². The standard InChI is InChI=1S/C26H22N2O5/c1-28-24(26(31)33-16-22(29)27-20-14-8-9-15-21(20)32-2)23(17-10-4-3-5-11-17)18-12-6-7-13-19(18)25(28)30/h3-15H,16H2,1-2H3,(H,27,29). The summed E-state index contributed by atoms with van der Waals surface area (Å²) < 4.78 is 11.8. The van der Waals surface area contributed by atoms with E-state index in [9.17, 15) is 14.4 Å². The molecule has 0 aliphatic rings. The van der Waals surface area contributed by atoms with E-state index in [1.165, 1.54) is 18.7 Å². The first-order valence-corrected chi connectivity index (χ1v) is 10.3. The molecule has 7 nitrogen and oxygen atoms in total. The lowest BCUT2D eigenvalue weighted by atomic mass is 9.97. The van der Waals surface area contributed by atoms with E-state index in [0.29, 0.717) is 27.8 Å². The predicted molar refractivity (Wildman–Crippen MR) is 127 cm³/mol. The van der Waals surface area contributed by atoms with Gasteiger partial charge in [0.2, 0.25) is 0 Å². The Hall–Kier alpha value is -4.39. The van der Waals surface area contributed by atoms with Crippen LogP contribution >= 0.6 is 0 Å². The molecule has 0 atom stereocenters. The van der Waals surface area contributed by atoms with Crippen LogP contribution < -0.4 is 15.6 Å². The number of methoxy groups -OCH3 is 1. The molecule has 3 aromatic carbocycles. The van der Waals surface area contributed by atoms with Gasteiger partial charge < -0.3 is 19.4 Å². The summed E-state index contributed by atoms with van der Waals surface area (Å²) in [6, 6.07) is 23.3. The van der Waals surface area contributed by atoms with Crippen molar-refractivity contribution in [1.29, 1.82) is 0 Å². The number of hydrogen-bond donors (Lipinski definition) is 1. The average molecular weight is 442 g/mol. The summed E-state index contributed by atoms with van der Waals surface area (Å²) in [5, 5.41) is 3.79. The number of benzene rings is 3. The Labute approximate surface area is 190 Å². The lowest BCUT2D eigenvalue weighted by Crippen LogP contribution is -2.28. The summed E-state index contributed by atoms with van der Waals surface area (Å²) in [5.41, 5.74) is 1.55. The van der Waals surface area contributed by atoms with Gasteiger partial charge in [0.1, 0.15) is 11.4 Å². The fourth-order valence-electron chi connectivity index (χ4n) is 3.73. The summed E-state index contributed by atoms with van der Waals surface area (Å²) in [6.45, 7) is -0.522. The van der Waals surface area contributed by atoms with Gasteiger partial charge in [-0.2, -0.15) is 0 Å². The quantitative estimate of drug-likeness (QED) is 0.456. The Bertz CT molecular complexity index is 1390. The minimum Gasteiger partial charge on any atom is -0.495 e. The van der Waals surface area contributed by atoms with Crippen LogP contribution in [0.15, 0.2) is 83.7 Å². The van der Waals surface area contributed by atoms with Crippen molar-refractivity contribution in [2.24, 2.45) is 7.05 Å². The van der Waals surface area contributed by atoms with Crippen molar-refractivity contribution in [3.05, 3.63) is 94.9 Å². The summed E-state index contributed by atoms with van der Waals surface area (Å²) >= 11 is 0. The molecule has 0 saturated heterocycles. The molecule has 0 unspecified atom stereocenters. The number of amides is 1. The summed E-state index contributed by atoms with van der Waals surface area (Å²) in [7, 11) is 3.02. The maximum atomic E-state index is 13.1. The molecule has 1 N–H and O–H groups in total. The van der Waals surface area contributed by atoms with E-state index in [0.717, 1.165) is 5.56 Å². The van der Waals surface area contributed by atoms with Gasteiger partial charge in [0.15, 0.2) is 6.61 Å². The van der Waals surface area contributed by atoms with Gasteiger partial charge in [-0.25, -0.2) is 4.79 Å². The zero-order chi connectivity index (χ0) is 23.4. The minimum atomic E-state index is -0.769. The Morgan fingerprint density at radius 1 is 0.879 bits per heavy atom. The zero-order valence-electron chi connectivity index (χ0n) is 18.2. The van der Waals surface area contributed by atoms with Gasteiger partial charge in [-0.15, -0.1) is 0 Å². The smallest absolute Gasteiger partial charge is 0.356 e. The normalized spacial score (nSPS) is 10.6. The number of rotatable bonds is 6. The fourth-order valence-corrected chi connectivity index (χ4v) is 3.73. The molecule has 0 radical (unpaired) electrons. The van der Waals surface area contributed by atoms with E-state index in [-0.39, 0.29) is 11.3 Å². The van der Waals surface area contributed by atoms with Crippen molar-refractivity contribution >= 4 is 28.3 Å².